The molecule has 1 fully saturated rings. The van der Waals surface area contributed by atoms with Crippen molar-refractivity contribution in [1.29, 1.82) is 0 Å². The number of hydrogen-bond donors (Lipinski definition) is 0. The van der Waals surface area contributed by atoms with Gasteiger partial charge in [-0.1, -0.05) is 44.2 Å². The molecule has 2 unspecified atom stereocenters. The van der Waals surface area contributed by atoms with E-state index in [2.05, 4.69) is 26.0 Å². The number of hydrogen-bond acceptors (Lipinski definition) is 1. The highest BCUT2D eigenvalue weighted by Crippen LogP contribution is 2.41. The lowest BCUT2D eigenvalue weighted by Crippen LogP contribution is -2.25. The van der Waals surface area contributed by atoms with Crippen LogP contribution >= 0.6 is 0 Å². The fourth-order valence-corrected chi connectivity index (χ4v) is 2.68. The molecule has 1 aromatic rings. The number of carbonyl (C=O) groups is 1. The van der Waals surface area contributed by atoms with Gasteiger partial charge in [-0.15, -0.1) is 0 Å². The normalized spacial score (nSPS) is 29.6. The van der Waals surface area contributed by atoms with Crippen molar-refractivity contribution in [3.05, 3.63) is 35.9 Å². The lowest BCUT2D eigenvalue weighted by Gasteiger charge is -2.20. The summed E-state index contributed by atoms with van der Waals surface area (Å²) in [4.78, 5) is 12.3. The Kier molecular flexibility index (Phi) is 3.13. The first-order valence-electron chi connectivity index (χ1n) is 6.24. The SMILES string of the molecule is CCC1(C)CCC(Cc2ccccc2)C1=O. The first kappa shape index (κ1) is 11.4. The van der Waals surface area contributed by atoms with E-state index < -0.39 is 0 Å². The molecule has 1 nitrogen and oxygen atoms in total. The average Bonchev–Trinajstić information content (AvgIpc) is 2.60. The fourth-order valence-electron chi connectivity index (χ4n) is 2.68. The Bertz CT molecular complexity index is 368. The van der Waals surface area contributed by atoms with Crippen molar-refractivity contribution in [2.24, 2.45) is 11.3 Å². The van der Waals surface area contributed by atoms with Crippen LogP contribution in [0, 0.1) is 11.3 Å². The Morgan fingerprint density at radius 3 is 2.56 bits per heavy atom. The first-order valence-corrected chi connectivity index (χ1v) is 6.24. The quantitative estimate of drug-likeness (QED) is 0.754. The van der Waals surface area contributed by atoms with E-state index >= 15 is 0 Å². The van der Waals surface area contributed by atoms with Crippen LogP contribution in [0.25, 0.3) is 0 Å². The number of benzene rings is 1. The summed E-state index contributed by atoms with van der Waals surface area (Å²) >= 11 is 0. The molecule has 0 saturated heterocycles. The molecule has 0 aromatic heterocycles. The van der Waals surface area contributed by atoms with E-state index in [9.17, 15) is 4.79 Å². The number of ketones is 1. The summed E-state index contributed by atoms with van der Waals surface area (Å²) in [7, 11) is 0. The predicted molar refractivity (Wildman–Crippen MR) is 66.3 cm³/mol. The van der Waals surface area contributed by atoms with E-state index in [0.717, 1.165) is 25.7 Å². The van der Waals surface area contributed by atoms with E-state index in [1.807, 2.05) is 18.2 Å². The molecule has 1 saturated carbocycles. The third-order valence-corrected chi connectivity index (χ3v) is 4.12. The second kappa shape index (κ2) is 4.40. The smallest absolute Gasteiger partial charge is 0.142 e. The van der Waals surface area contributed by atoms with E-state index in [4.69, 9.17) is 0 Å². The topological polar surface area (TPSA) is 17.1 Å². The van der Waals surface area contributed by atoms with Crippen LogP contribution in [0.15, 0.2) is 30.3 Å². The molecular weight excluding hydrogens is 196 g/mol. The lowest BCUT2D eigenvalue weighted by atomic mass is 9.83. The number of Topliss-reactive ketones (excluding diaryl/α,β-unsaturated/α-hetero) is 1. The van der Waals surface area contributed by atoms with Crippen LogP contribution in [-0.2, 0) is 11.2 Å². The molecule has 1 aromatic carbocycles. The highest BCUT2D eigenvalue weighted by Gasteiger charge is 2.42. The third-order valence-electron chi connectivity index (χ3n) is 4.12. The maximum absolute atomic E-state index is 12.3. The van der Waals surface area contributed by atoms with Crippen LogP contribution in [0.4, 0.5) is 0 Å². The van der Waals surface area contributed by atoms with Gasteiger partial charge in [0.05, 0.1) is 0 Å². The number of carbonyl (C=O) groups excluding carboxylic acids is 1. The molecule has 0 N–H and O–H groups in total. The minimum absolute atomic E-state index is 0.0422. The van der Waals surface area contributed by atoms with Gasteiger partial charge in [0.1, 0.15) is 5.78 Å². The van der Waals surface area contributed by atoms with Gasteiger partial charge >= 0.3 is 0 Å². The Morgan fingerprint density at radius 1 is 1.31 bits per heavy atom. The van der Waals surface area contributed by atoms with Crippen LogP contribution < -0.4 is 0 Å². The summed E-state index contributed by atoms with van der Waals surface area (Å²) in [5, 5.41) is 0. The van der Waals surface area contributed by atoms with Gasteiger partial charge in [0.2, 0.25) is 0 Å². The zero-order valence-electron chi connectivity index (χ0n) is 10.2. The van der Waals surface area contributed by atoms with Crippen molar-refractivity contribution in [2.75, 3.05) is 0 Å². The Hall–Kier alpha value is -1.11. The largest absolute Gasteiger partial charge is 0.299 e. The Morgan fingerprint density at radius 2 is 2.00 bits per heavy atom. The van der Waals surface area contributed by atoms with Gasteiger partial charge < -0.3 is 0 Å². The van der Waals surface area contributed by atoms with Gasteiger partial charge in [0.25, 0.3) is 0 Å². The van der Waals surface area contributed by atoms with Crippen LogP contribution in [0.3, 0.4) is 0 Å². The molecule has 0 aliphatic heterocycles. The van der Waals surface area contributed by atoms with Crippen LogP contribution in [0.1, 0.15) is 38.7 Å². The van der Waals surface area contributed by atoms with E-state index in [1.165, 1.54) is 5.56 Å². The van der Waals surface area contributed by atoms with Crippen molar-refractivity contribution in [1.82, 2.24) is 0 Å². The van der Waals surface area contributed by atoms with Gasteiger partial charge in [-0.3, -0.25) is 4.79 Å². The molecule has 0 bridgehead atoms. The van der Waals surface area contributed by atoms with Gasteiger partial charge in [-0.25, -0.2) is 0 Å². The Labute approximate surface area is 97.9 Å². The predicted octanol–water partition coefficient (Wildman–Crippen LogP) is 3.62. The summed E-state index contributed by atoms with van der Waals surface area (Å²) in [5.74, 6) is 0.742. The molecule has 2 rings (SSSR count). The van der Waals surface area contributed by atoms with Gasteiger partial charge in [-0.05, 0) is 31.2 Å². The average molecular weight is 216 g/mol. The summed E-state index contributed by atoms with van der Waals surface area (Å²) in [5.41, 5.74) is 1.25. The van der Waals surface area contributed by atoms with Crippen LogP contribution in [0.5, 0.6) is 0 Å². The lowest BCUT2D eigenvalue weighted by molar-refractivity contribution is -0.128. The molecular formula is C15H20O. The standard InChI is InChI=1S/C15H20O/c1-3-15(2)10-9-13(14(15)16)11-12-7-5-4-6-8-12/h4-8,13H,3,9-11H2,1-2H3. The third kappa shape index (κ3) is 2.04. The molecule has 0 amide bonds. The van der Waals surface area contributed by atoms with Crippen molar-refractivity contribution >= 4 is 5.78 Å². The molecule has 0 heterocycles. The van der Waals surface area contributed by atoms with Crippen LogP contribution in [-0.4, -0.2) is 5.78 Å². The second-order valence-corrected chi connectivity index (χ2v) is 5.20. The van der Waals surface area contributed by atoms with Crippen molar-refractivity contribution in [3.8, 4) is 0 Å². The molecule has 1 heteroatoms. The van der Waals surface area contributed by atoms with E-state index in [1.54, 1.807) is 0 Å². The number of rotatable bonds is 3. The highest BCUT2D eigenvalue weighted by atomic mass is 16.1. The molecule has 1 aliphatic carbocycles. The maximum Gasteiger partial charge on any atom is 0.142 e. The van der Waals surface area contributed by atoms with Crippen LogP contribution in [0.2, 0.25) is 0 Å². The van der Waals surface area contributed by atoms with E-state index in [0.29, 0.717) is 5.78 Å². The molecule has 2 atom stereocenters. The minimum Gasteiger partial charge on any atom is -0.299 e. The maximum atomic E-state index is 12.3. The van der Waals surface area contributed by atoms with Gasteiger partial charge in [0.15, 0.2) is 0 Å². The van der Waals surface area contributed by atoms with Crippen molar-refractivity contribution in [3.63, 3.8) is 0 Å². The highest BCUT2D eigenvalue weighted by molar-refractivity contribution is 5.88. The van der Waals surface area contributed by atoms with Gasteiger partial charge in [-0.2, -0.15) is 0 Å². The molecule has 86 valence electrons. The molecule has 0 spiro atoms. The fraction of sp³-hybridized carbons (Fsp3) is 0.533. The molecule has 1 aliphatic rings. The summed E-state index contributed by atoms with van der Waals surface area (Å²) in [6.45, 7) is 4.25. The molecule has 0 radical (unpaired) electrons. The zero-order chi connectivity index (χ0) is 11.6. The Balaban J connectivity index is 2.06. The molecule has 16 heavy (non-hydrogen) atoms. The monoisotopic (exact) mass is 216 g/mol. The zero-order valence-corrected chi connectivity index (χ0v) is 10.2. The summed E-state index contributed by atoms with van der Waals surface area (Å²) < 4.78 is 0. The van der Waals surface area contributed by atoms with E-state index in [-0.39, 0.29) is 11.3 Å². The minimum atomic E-state index is -0.0422. The first-order chi connectivity index (χ1) is 7.65. The second-order valence-electron chi connectivity index (χ2n) is 5.20. The van der Waals surface area contributed by atoms with Crippen molar-refractivity contribution in [2.45, 2.75) is 39.5 Å². The summed E-state index contributed by atoms with van der Waals surface area (Å²) in [6.07, 6.45) is 4.05. The van der Waals surface area contributed by atoms with Crippen molar-refractivity contribution < 1.29 is 4.79 Å². The summed E-state index contributed by atoms with van der Waals surface area (Å²) in [6, 6.07) is 10.4. The van der Waals surface area contributed by atoms with Gasteiger partial charge in [0, 0.05) is 11.3 Å².